The molecule has 0 amide bonds. The maximum atomic E-state index is 14.0. The van der Waals surface area contributed by atoms with Crippen LogP contribution in [0.15, 0.2) is 36.9 Å². The van der Waals surface area contributed by atoms with Gasteiger partial charge in [-0.1, -0.05) is 30.3 Å². The van der Waals surface area contributed by atoms with Gasteiger partial charge in [-0.15, -0.1) is 11.6 Å². The minimum Gasteiger partial charge on any atom is -0.663 e. The SMILES string of the molecule is [3H]C(CCOP(=O)(OCC[N-]C)OC([3H])CCOP(=O)(OCC[N+]#[C-])OC(CCC)n1cnc2c(On3nnc4ccccc43)ncnc21)OC. The Morgan fingerprint density at radius 2 is 1.76 bits per heavy atom. The van der Waals surface area contributed by atoms with Gasteiger partial charge >= 0.3 is 15.6 Å². The molecule has 0 bridgehead atoms. The minimum absolute atomic E-state index is 0.0735. The molecule has 21 heteroatoms. The second-order valence-corrected chi connectivity index (χ2v) is 13.0. The van der Waals surface area contributed by atoms with E-state index in [0.29, 0.717) is 23.9 Å². The molecule has 0 saturated heterocycles. The number of aromatic nitrogens is 7. The first-order chi connectivity index (χ1) is 24.6. The monoisotopic (exact) mass is 728 g/mol. The molecule has 5 atom stereocenters. The lowest BCUT2D eigenvalue weighted by Gasteiger charge is -2.24. The molecule has 4 aromatic rings. The number of ether oxygens (including phenoxy) is 1. The number of hydrogen-bond donors (Lipinski definition) is 0. The normalized spacial score (nSPS) is 16.7. The Morgan fingerprint density at radius 3 is 2.53 bits per heavy atom. The highest BCUT2D eigenvalue weighted by Gasteiger charge is 2.33. The Bertz CT molecular complexity index is 1810. The second kappa shape index (κ2) is 19.7. The number of methoxy groups -OCH3 is 1. The van der Waals surface area contributed by atoms with Gasteiger partial charge in [0.25, 0.3) is 5.88 Å². The van der Waals surface area contributed by atoms with E-state index in [2.05, 4.69) is 35.4 Å². The van der Waals surface area contributed by atoms with E-state index >= 15 is 0 Å². The van der Waals surface area contributed by atoms with Gasteiger partial charge in [-0.2, -0.15) is 12.0 Å². The number of nitrogens with zero attached hydrogens (tertiary/aromatic N) is 9. The Kier molecular flexibility index (Phi) is 14.2. The van der Waals surface area contributed by atoms with Crippen LogP contribution >= 0.6 is 15.6 Å². The number of hydrogen-bond acceptors (Lipinski definition) is 15. The minimum atomic E-state index is -4.41. The van der Waals surface area contributed by atoms with E-state index < -0.39 is 41.6 Å². The molecule has 1 aromatic carbocycles. The van der Waals surface area contributed by atoms with E-state index in [0.717, 1.165) is 0 Å². The first kappa shape index (κ1) is 35.4. The van der Waals surface area contributed by atoms with Crippen molar-refractivity contribution < 1.29 is 48.6 Å². The fourth-order valence-electron chi connectivity index (χ4n) is 4.07. The number of rotatable bonds is 25. The standard InChI is InChI=1S/C28H40N9O10P2/c1-5-10-25(36-22-33-26-27(36)31-21-32-28(26)46-37-24-12-7-6-11-23(24)34-35-37)47-49(39,45-20-14-30-3)43-18-9-17-42-48(38,44-19-13-29-2)41-16-8-15-40-4/h6-7,11-12,21-22,25H,5,8-10,13-20H2,1-2,4H3/q-1/i15T,17T. The van der Waals surface area contributed by atoms with E-state index in [1.807, 2.05) is 19.1 Å². The van der Waals surface area contributed by atoms with Gasteiger partial charge in [0.2, 0.25) is 6.54 Å². The topological polar surface area (TPSA) is 201 Å². The molecule has 268 valence electrons. The third kappa shape index (κ3) is 11.3. The Hall–Kier alpha value is -3.40. The number of phosphoric ester groups is 2. The third-order valence-electron chi connectivity index (χ3n) is 6.27. The molecule has 0 radical (unpaired) electrons. The van der Waals surface area contributed by atoms with E-state index in [4.69, 9.17) is 46.0 Å². The summed E-state index contributed by atoms with van der Waals surface area (Å²) in [4.78, 5) is 23.3. The van der Waals surface area contributed by atoms with Crippen LogP contribution in [0.25, 0.3) is 32.4 Å². The lowest BCUT2D eigenvalue weighted by atomic mass is 10.3. The van der Waals surface area contributed by atoms with Crippen molar-refractivity contribution in [2.24, 2.45) is 0 Å². The van der Waals surface area contributed by atoms with Crippen molar-refractivity contribution in [1.82, 2.24) is 34.7 Å². The highest BCUT2D eigenvalue weighted by molar-refractivity contribution is 7.48. The number of para-hydroxylation sites is 1. The average Bonchev–Trinajstić information content (AvgIpc) is 3.73. The average molecular weight is 729 g/mol. The summed E-state index contributed by atoms with van der Waals surface area (Å²) in [6, 6.07) is 7.20. The maximum absolute atomic E-state index is 14.0. The van der Waals surface area contributed by atoms with Crippen molar-refractivity contribution in [3.05, 3.63) is 53.7 Å². The van der Waals surface area contributed by atoms with E-state index in [-0.39, 0.29) is 62.8 Å². The molecule has 0 aliphatic rings. The van der Waals surface area contributed by atoms with E-state index in [9.17, 15) is 9.13 Å². The van der Waals surface area contributed by atoms with Gasteiger partial charge in [0.15, 0.2) is 11.2 Å². The van der Waals surface area contributed by atoms with Crippen LogP contribution in [0.1, 0.15) is 41.6 Å². The lowest BCUT2D eigenvalue weighted by Crippen LogP contribution is -2.15. The third-order valence-corrected chi connectivity index (χ3v) is 9.18. The van der Waals surface area contributed by atoms with Crippen LogP contribution in [0, 0.1) is 6.57 Å². The fourth-order valence-corrected chi connectivity index (χ4v) is 6.52. The van der Waals surface area contributed by atoms with Gasteiger partial charge in [0.1, 0.15) is 30.2 Å². The summed E-state index contributed by atoms with van der Waals surface area (Å²) in [6.07, 6.45) is 2.40. The summed E-state index contributed by atoms with van der Waals surface area (Å²) >= 11 is 0. The molecule has 5 unspecified atom stereocenters. The number of benzene rings is 1. The van der Waals surface area contributed by atoms with E-state index in [1.54, 1.807) is 19.2 Å². The predicted molar refractivity (Wildman–Crippen MR) is 176 cm³/mol. The lowest BCUT2D eigenvalue weighted by molar-refractivity contribution is 0.0411. The van der Waals surface area contributed by atoms with Crippen LogP contribution in [-0.4, -0.2) is 102 Å². The van der Waals surface area contributed by atoms with Gasteiger partial charge < -0.3 is 19.7 Å². The molecule has 3 heterocycles. The number of phosphoric acid groups is 2. The largest absolute Gasteiger partial charge is 0.663 e. The van der Waals surface area contributed by atoms with Crippen molar-refractivity contribution in [3.63, 3.8) is 0 Å². The van der Waals surface area contributed by atoms with Crippen molar-refractivity contribution in [2.45, 2.75) is 38.8 Å². The van der Waals surface area contributed by atoms with Gasteiger partial charge in [0.05, 0.1) is 28.9 Å². The van der Waals surface area contributed by atoms with Gasteiger partial charge in [0, 0.05) is 20.3 Å². The number of fused-ring (bicyclic) bond motifs is 2. The Labute approximate surface area is 286 Å². The molecule has 0 saturated carbocycles. The van der Waals surface area contributed by atoms with Gasteiger partial charge in [-0.3, -0.25) is 31.7 Å². The predicted octanol–water partition coefficient (Wildman–Crippen LogP) is 5.38. The molecular formula is C28H40N9O10P2-. The Balaban J connectivity index is 1.46. The summed E-state index contributed by atoms with van der Waals surface area (Å²) in [5.41, 5.74) is 1.75. The smallest absolute Gasteiger partial charge is 0.477 e. The van der Waals surface area contributed by atoms with Gasteiger partial charge in [-0.25, -0.2) is 25.7 Å². The van der Waals surface area contributed by atoms with Crippen LogP contribution in [0.4, 0.5) is 0 Å². The fraction of sp³-hybridized carbons (Fsp3) is 0.571. The second-order valence-electron chi connectivity index (χ2n) is 9.79. The summed E-state index contributed by atoms with van der Waals surface area (Å²) < 4.78 is 82.3. The van der Waals surface area contributed by atoms with Crippen molar-refractivity contribution in [1.29, 1.82) is 0 Å². The molecule has 49 heavy (non-hydrogen) atoms. The molecule has 0 spiro atoms. The van der Waals surface area contributed by atoms with Crippen LogP contribution in [0.5, 0.6) is 5.88 Å². The zero-order valence-electron chi connectivity index (χ0n) is 29.3. The number of imidazole rings is 1. The highest BCUT2D eigenvalue weighted by atomic mass is 31.2. The molecular weight excluding hydrogens is 684 g/mol. The van der Waals surface area contributed by atoms with Crippen LogP contribution in [-0.2, 0) is 41.0 Å². The summed E-state index contributed by atoms with van der Waals surface area (Å²) in [5.74, 6) is 0.0754. The first-order valence-electron chi connectivity index (χ1n) is 16.4. The van der Waals surface area contributed by atoms with Gasteiger partial charge in [-0.05, 0) is 36.6 Å². The summed E-state index contributed by atoms with van der Waals surface area (Å²) in [5, 5.41) is 12.0. The van der Waals surface area contributed by atoms with Crippen LogP contribution in [0.2, 0.25) is 0 Å². The first-order valence-corrected chi connectivity index (χ1v) is 18.1. The molecule has 0 aliphatic heterocycles. The molecule has 0 fully saturated rings. The van der Waals surface area contributed by atoms with Crippen molar-refractivity contribution in [3.8, 4) is 5.88 Å². The summed E-state index contributed by atoms with van der Waals surface area (Å²) in [7, 11) is -5.75. The zero-order chi connectivity index (χ0) is 36.7. The summed E-state index contributed by atoms with van der Waals surface area (Å²) in [6.45, 7) is 5.67. The Morgan fingerprint density at radius 1 is 1.00 bits per heavy atom. The molecule has 0 N–H and O–H groups in total. The van der Waals surface area contributed by atoms with Crippen molar-refractivity contribution >= 4 is 37.8 Å². The molecule has 0 aliphatic carbocycles. The van der Waals surface area contributed by atoms with Crippen LogP contribution < -0.4 is 4.84 Å². The molecule has 3 aromatic heterocycles. The molecule has 19 nitrogen and oxygen atoms in total. The zero-order valence-corrected chi connectivity index (χ0v) is 29.1. The highest BCUT2D eigenvalue weighted by Crippen LogP contribution is 2.54. The maximum Gasteiger partial charge on any atom is 0.477 e. The van der Waals surface area contributed by atoms with E-state index in [1.165, 1.54) is 29.2 Å². The number of likely N-dealkylation sites (N-methyl/N-ethyl adjacent to an activating group) is 1. The molecule has 4 rings (SSSR count). The van der Waals surface area contributed by atoms with Crippen molar-refractivity contribution in [2.75, 3.05) is 66.8 Å². The van der Waals surface area contributed by atoms with Crippen LogP contribution in [0.3, 0.4) is 0 Å². The quantitative estimate of drug-likeness (QED) is 0.0478.